The van der Waals surface area contributed by atoms with Crippen LogP contribution in [0.5, 0.6) is 0 Å². The summed E-state index contributed by atoms with van der Waals surface area (Å²) in [5.74, 6) is -3.09. The second-order valence-corrected chi connectivity index (χ2v) is 3.55. The molecule has 0 aliphatic rings. The zero-order valence-electron chi connectivity index (χ0n) is 8.40. The molecule has 0 amide bonds. The summed E-state index contributed by atoms with van der Waals surface area (Å²) in [5.41, 5.74) is 0.131. The lowest BCUT2D eigenvalue weighted by molar-refractivity contribution is -0.147. The van der Waals surface area contributed by atoms with Crippen molar-refractivity contribution >= 4 is 29.1 Å². The molecular formula is C11H9ClO4. The van der Waals surface area contributed by atoms with E-state index in [2.05, 4.69) is 0 Å². The summed E-state index contributed by atoms with van der Waals surface area (Å²) in [6.07, 6.45) is 0. The number of aliphatic carboxylic acids is 1. The van der Waals surface area contributed by atoms with Crippen molar-refractivity contribution in [3.05, 3.63) is 40.4 Å². The van der Waals surface area contributed by atoms with Crippen LogP contribution in [0.3, 0.4) is 0 Å². The van der Waals surface area contributed by atoms with Gasteiger partial charge in [0.2, 0.25) is 0 Å². The molecule has 1 aromatic carbocycles. The fourth-order valence-electron chi connectivity index (χ4n) is 1.09. The number of hydrogen-bond acceptors (Lipinski definition) is 3. The molecule has 5 heteroatoms. The molecule has 0 aliphatic carbocycles. The van der Waals surface area contributed by atoms with Crippen LogP contribution in [-0.2, 0) is 9.59 Å². The van der Waals surface area contributed by atoms with Crippen molar-refractivity contribution in [3.8, 4) is 0 Å². The third-order valence-electron chi connectivity index (χ3n) is 2.01. The Morgan fingerprint density at radius 2 is 1.62 bits per heavy atom. The Labute approximate surface area is 96.8 Å². The molecule has 4 nitrogen and oxygen atoms in total. The first-order chi connectivity index (χ1) is 7.43. The van der Waals surface area contributed by atoms with E-state index < -0.39 is 11.8 Å². The van der Waals surface area contributed by atoms with Crippen molar-refractivity contribution < 1.29 is 19.8 Å². The van der Waals surface area contributed by atoms with Gasteiger partial charge in [-0.3, -0.25) is 4.79 Å². The highest BCUT2D eigenvalue weighted by molar-refractivity contribution is 6.40. The minimum absolute atomic E-state index is 0.213. The van der Waals surface area contributed by atoms with Crippen molar-refractivity contribution in [2.24, 2.45) is 0 Å². The van der Waals surface area contributed by atoms with E-state index in [-0.39, 0.29) is 11.3 Å². The Balaban J connectivity index is 3.13. The van der Waals surface area contributed by atoms with Crippen LogP contribution in [0.15, 0.2) is 29.8 Å². The maximum atomic E-state index is 11.1. The van der Waals surface area contributed by atoms with E-state index in [1.165, 1.54) is 31.2 Å². The predicted molar refractivity (Wildman–Crippen MR) is 59.3 cm³/mol. The molecule has 0 spiro atoms. The van der Waals surface area contributed by atoms with Crippen LogP contribution in [0.4, 0.5) is 0 Å². The predicted octanol–water partition coefficient (Wildman–Crippen LogP) is 2.28. The van der Waals surface area contributed by atoms with Gasteiger partial charge in [-0.2, -0.15) is 0 Å². The van der Waals surface area contributed by atoms with Gasteiger partial charge in [0.1, 0.15) is 5.76 Å². The Kier molecular flexibility index (Phi) is 3.68. The van der Waals surface area contributed by atoms with Gasteiger partial charge in [-0.1, -0.05) is 11.6 Å². The number of Topliss-reactive ketones (excluding diaryl/α,β-unsaturated/α-hetero) is 1. The molecule has 1 aromatic rings. The number of halogens is 1. The first-order valence-electron chi connectivity index (χ1n) is 4.37. The minimum atomic E-state index is -1.60. The van der Waals surface area contributed by atoms with Gasteiger partial charge in [-0.15, -0.1) is 0 Å². The zero-order valence-corrected chi connectivity index (χ0v) is 9.15. The topological polar surface area (TPSA) is 74.6 Å². The molecule has 0 bridgehead atoms. The number of rotatable bonds is 3. The summed E-state index contributed by atoms with van der Waals surface area (Å²) in [5, 5.41) is 18.6. The van der Waals surface area contributed by atoms with Crippen LogP contribution in [-0.4, -0.2) is 22.0 Å². The van der Waals surface area contributed by atoms with Crippen LogP contribution < -0.4 is 0 Å². The zero-order chi connectivity index (χ0) is 12.3. The van der Waals surface area contributed by atoms with Crippen LogP contribution in [0, 0.1) is 0 Å². The Hall–Kier alpha value is -1.81. The van der Waals surface area contributed by atoms with Crippen molar-refractivity contribution in [2.75, 3.05) is 0 Å². The Bertz CT molecular complexity index is 459. The number of aliphatic hydroxyl groups excluding tert-OH is 1. The van der Waals surface area contributed by atoms with Crippen molar-refractivity contribution in [3.63, 3.8) is 0 Å². The van der Waals surface area contributed by atoms with E-state index in [0.717, 1.165) is 0 Å². The van der Waals surface area contributed by atoms with Crippen molar-refractivity contribution in [2.45, 2.75) is 6.92 Å². The maximum absolute atomic E-state index is 11.1. The van der Waals surface area contributed by atoms with Crippen LogP contribution >= 0.6 is 11.6 Å². The summed E-state index contributed by atoms with van der Waals surface area (Å²) < 4.78 is 0. The number of ketones is 1. The molecule has 0 saturated heterocycles. The molecule has 0 unspecified atom stereocenters. The smallest absolute Gasteiger partial charge is 0.377 e. The number of carbonyl (C=O) groups excluding carboxylic acids is 1. The van der Waals surface area contributed by atoms with Gasteiger partial charge in [0.15, 0.2) is 0 Å². The van der Waals surface area contributed by atoms with Gasteiger partial charge in [-0.25, -0.2) is 4.79 Å². The lowest BCUT2D eigenvalue weighted by atomic mass is 10.1. The molecular weight excluding hydrogens is 232 g/mol. The van der Waals surface area contributed by atoms with Gasteiger partial charge < -0.3 is 10.2 Å². The second kappa shape index (κ2) is 4.81. The van der Waals surface area contributed by atoms with Crippen molar-refractivity contribution in [1.29, 1.82) is 0 Å². The average molecular weight is 241 g/mol. The Morgan fingerprint density at radius 3 is 2.06 bits per heavy atom. The fourth-order valence-corrected chi connectivity index (χ4v) is 1.22. The third kappa shape index (κ3) is 2.61. The average Bonchev–Trinajstić information content (AvgIpc) is 2.27. The highest BCUT2D eigenvalue weighted by Gasteiger charge is 2.18. The molecule has 0 radical (unpaired) electrons. The molecule has 84 valence electrons. The molecule has 0 heterocycles. The summed E-state index contributed by atoms with van der Waals surface area (Å²) in [7, 11) is 0. The molecule has 0 saturated carbocycles. The van der Waals surface area contributed by atoms with Crippen molar-refractivity contribution in [1.82, 2.24) is 0 Å². The fraction of sp³-hybridized carbons (Fsp3) is 0.0909. The summed E-state index contributed by atoms with van der Waals surface area (Å²) in [4.78, 5) is 21.5. The highest BCUT2D eigenvalue weighted by Crippen LogP contribution is 2.18. The Morgan fingerprint density at radius 1 is 1.12 bits per heavy atom. The van der Waals surface area contributed by atoms with Crippen LogP contribution in [0.1, 0.15) is 12.5 Å². The van der Waals surface area contributed by atoms with E-state index in [9.17, 15) is 14.7 Å². The molecule has 0 aromatic heterocycles. The molecule has 2 N–H and O–H groups in total. The number of benzene rings is 1. The van der Waals surface area contributed by atoms with E-state index in [0.29, 0.717) is 10.6 Å². The first-order valence-corrected chi connectivity index (χ1v) is 4.74. The van der Waals surface area contributed by atoms with Gasteiger partial charge in [-0.05, 0) is 31.2 Å². The normalized spacial score (nSPS) is 11.9. The number of carboxylic acids is 1. The van der Waals surface area contributed by atoms with E-state index in [1.807, 2.05) is 0 Å². The monoisotopic (exact) mass is 240 g/mol. The van der Waals surface area contributed by atoms with Crippen LogP contribution in [0.2, 0.25) is 5.02 Å². The van der Waals surface area contributed by atoms with E-state index >= 15 is 0 Å². The van der Waals surface area contributed by atoms with Crippen LogP contribution in [0.25, 0.3) is 5.76 Å². The lowest BCUT2D eigenvalue weighted by Crippen LogP contribution is -2.14. The molecule has 0 atom stereocenters. The third-order valence-corrected chi connectivity index (χ3v) is 2.26. The molecule has 1 rings (SSSR count). The molecule has 16 heavy (non-hydrogen) atoms. The number of carbonyl (C=O) groups is 2. The number of aliphatic hydroxyl groups is 1. The van der Waals surface area contributed by atoms with E-state index in [4.69, 9.17) is 16.7 Å². The van der Waals surface area contributed by atoms with Gasteiger partial charge in [0, 0.05) is 16.2 Å². The first kappa shape index (κ1) is 12.3. The lowest BCUT2D eigenvalue weighted by Gasteiger charge is -2.03. The van der Waals surface area contributed by atoms with Gasteiger partial charge in [0.25, 0.3) is 5.78 Å². The summed E-state index contributed by atoms with van der Waals surface area (Å²) >= 11 is 5.65. The minimum Gasteiger partial charge on any atom is -0.507 e. The van der Waals surface area contributed by atoms with Gasteiger partial charge >= 0.3 is 5.97 Å². The maximum Gasteiger partial charge on any atom is 0.377 e. The number of carboxylic acid groups (broad SMARTS) is 1. The quantitative estimate of drug-likeness (QED) is 0.483. The van der Waals surface area contributed by atoms with E-state index in [1.54, 1.807) is 0 Å². The number of hydrogen-bond donors (Lipinski definition) is 2. The second-order valence-electron chi connectivity index (χ2n) is 3.11. The summed E-state index contributed by atoms with van der Waals surface area (Å²) in [6.45, 7) is 1.25. The molecule has 0 fully saturated rings. The molecule has 0 aliphatic heterocycles. The van der Waals surface area contributed by atoms with Gasteiger partial charge in [0.05, 0.1) is 0 Å². The standard InChI is InChI=1S/C11H9ClO4/c1-6(10(14)11(15)16)9(13)7-2-4-8(12)5-3-7/h2-5,13H,1H3,(H,15,16). The largest absolute Gasteiger partial charge is 0.507 e. The SMILES string of the molecule is CC(C(=O)C(=O)O)=C(O)c1ccc(Cl)cc1. The highest BCUT2D eigenvalue weighted by atomic mass is 35.5. The summed E-state index contributed by atoms with van der Waals surface area (Å²) in [6, 6.07) is 6.06.